The third-order valence-electron chi connectivity index (χ3n) is 4.85. The molecular weight excluding hydrogens is 451 g/mol. The van der Waals surface area contributed by atoms with Gasteiger partial charge in [0, 0.05) is 35.0 Å². The van der Waals surface area contributed by atoms with E-state index in [1.54, 1.807) is 20.3 Å². The summed E-state index contributed by atoms with van der Waals surface area (Å²) in [6, 6.07) is 18.1. The monoisotopic (exact) mass is 471 g/mol. The Labute approximate surface area is 193 Å². The number of anilines is 2. The van der Waals surface area contributed by atoms with Crippen LogP contribution in [0.4, 0.5) is 24.7 Å². The largest absolute Gasteiger partial charge is 0.497 e. The zero-order valence-electron chi connectivity index (χ0n) is 17.8. The topological polar surface area (TPSA) is 56.3 Å². The second-order valence-electron chi connectivity index (χ2n) is 7.08. The number of aromatic nitrogens is 2. The van der Waals surface area contributed by atoms with Gasteiger partial charge < -0.3 is 14.8 Å². The average molecular weight is 472 g/mol. The molecule has 0 amide bonds. The highest BCUT2D eigenvalue weighted by atomic mass is 32.2. The number of halogens is 3. The van der Waals surface area contributed by atoms with Crippen molar-refractivity contribution in [3.8, 4) is 11.5 Å². The molecule has 4 aromatic rings. The summed E-state index contributed by atoms with van der Waals surface area (Å²) in [7, 11) is 3.16. The normalized spacial score (nSPS) is 11.4. The van der Waals surface area contributed by atoms with E-state index in [9.17, 15) is 13.2 Å². The van der Waals surface area contributed by atoms with E-state index in [-0.39, 0.29) is 0 Å². The van der Waals surface area contributed by atoms with Crippen LogP contribution < -0.4 is 14.8 Å². The fraction of sp³-hybridized carbons (Fsp3) is 0.167. The Morgan fingerprint density at radius 2 is 1.55 bits per heavy atom. The van der Waals surface area contributed by atoms with Crippen LogP contribution in [-0.4, -0.2) is 24.2 Å². The summed E-state index contributed by atoms with van der Waals surface area (Å²) in [5.41, 5.74) is 1.56. The van der Waals surface area contributed by atoms with Crippen molar-refractivity contribution in [2.24, 2.45) is 0 Å². The van der Waals surface area contributed by atoms with E-state index in [4.69, 9.17) is 9.47 Å². The van der Waals surface area contributed by atoms with Crippen molar-refractivity contribution in [3.05, 3.63) is 77.9 Å². The number of rotatable bonds is 7. The Kier molecular flexibility index (Phi) is 6.60. The number of nitrogens with one attached hydrogen (secondary N) is 1. The number of nitrogens with zero attached hydrogens (tertiary/aromatic N) is 2. The summed E-state index contributed by atoms with van der Waals surface area (Å²) in [6.45, 7) is 0. The fourth-order valence-corrected chi connectivity index (χ4v) is 3.98. The molecule has 0 saturated heterocycles. The van der Waals surface area contributed by atoms with Gasteiger partial charge in [-0.25, -0.2) is 9.97 Å². The van der Waals surface area contributed by atoms with Gasteiger partial charge in [0.2, 0.25) is 0 Å². The zero-order chi connectivity index (χ0) is 23.4. The van der Waals surface area contributed by atoms with Gasteiger partial charge in [0.1, 0.15) is 17.3 Å². The molecule has 1 aromatic heterocycles. The van der Waals surface area contributed by atoms with E-state index < -0.39 is 11.7 Å². The van der Waals surface area contributed by atoms with Crippen molar-refractivity contribution in [2.75, 3.05) is 19.5 Å². The van der Waals surface area contributed by atoms with E-state index >= 15 is 0 Å². The molecule has 9 heteroatoms. The van der Waals surface area contributed by atoms with Crippen molar-refractivity contribution >= 4 is 34.2 Å². The maximum atomic E-state index is 12.8. The molecule has 4 rings (SSSR count). The van der Waals surface area contributed by atoms with Crippen LogP contribution in [0.15, 0.2) is 71.9 Å². The average Bonchev–Trinajstić information content (AvgIpc) is 2.82. The van der Waals surface area contributed by atoms with Crippen molar-refractivity contribution in [2.45, 2.75) is 17.1 Å². The van der Waals surface area contributed by atoms with Crippen LogP contribution in [-0.2, 0) is 11.9 Å². The smallest absolute Gasteiger partial charge is 0.416 e. The van der Waals surface area contributed by atoms with Gasteiger partial charge in [-0.05, 0) is 29.8 Å². The van der Waals surface area contributed by atoms with Crippen molar-refractivity contribution in [1.29, 1.82) is 0 Å². The van der Waals surface area contributed by atoms with Crippen LogP contribution in [0.3, 0.4) is 0 Å². The third-order valence-corrected chi connectivity index (χ3v) is 5.76. The molecule has 3 aromatic carbocycles. The van der Waals surface area contributed by atoms with Gasteiger partial charge >= 0.3 is 6.18 Å². The third kappa shape index (κ3) is 5.48. The van der Waals surface area contributed by atoms with Gasteiger partial charge in [0.15, 0.2) is 5.16 Å². The minimum absolute atomic E-state index is 0.433. The Morgan fingerprint density at radius 3 is 2.18 bits per heavy atom. The highest BCUT2D eigenvalue weighted by molar-refractivity contribution is 7.98. The lowest BCUT2D eigenvalue weighted by molar-refractivity contribution is -0.137. The van der Waals surface area contributed by atoms with E-state index in [2.05, 4.69) is 15.3 Å². The van der Waals surface area contributed by atoms with Gasteiger partial charge in [-0.2, -0.15) is 13.2 Å². The van der Waals surface area contributed by atoms with Gasteiger partial charge in [0.05, 0.1) is 25.3 Å². The molecule has 0 saturated carbocycles. The lowest BCUT2D eigenvalue weighted by atomic mass is 10.1. The SMILES string of the molecule is COc1cc(Nc2nc(SCc3ccc(C(F)(F)F)cc3)nc3ccccc23)cc(OC)c1. The molecule has 0 aliphatic rings. The molecule has 33 heavy (non-hydrogen) atoms. The lowest BCUT2D eigenvalue weighted by Gasteiger charge is -2.13. The Hall–Kier alpha value is -3.46. The molecule has 0 aliphatic carbocycles. The number of hydrogen-bond donors (Lipinski definition) is 1. The number of benzene rings is 3. The first-order valence-corrected chi connectivity index (χ1v) is 10.9. The van der Waals surface area contributed by atoms with Crippen LogP contribution in [0.1, 0.15) is 11.1 Å². The minimum Gasteiger partial charge on any atom is -0.497 e. The number of alkyl halides is 3. The summed E-state index contributed by atoms with van der Waals surface area (Å²) in [4.78, 5) is 9.26. The summed E-state index contributed by atoms with van der Waals surface area (Å²) in [6.07, 6.45) is -4.35. The minimum atomic E-state index is -4.35. The zero-order valence-corrected chi connectivity index (χ0v) is 18.6. The summed E-state index contributed by atoms with van der Waals surface area (Å²) >= 11 is 1.35. The van der Waals surface area contributed by atoms with E-state index in [0.29, 0.717) is 28.2 Å². The van der Waals surface area contributed by atoms with E-state index in [1.165, 1.54) is 23.9 Å². The molecular formula is C24H20F3N3O2S. The van der Waals surface area contributed by atoms with E-state index in [1.807, 2.05) is 36.4 Å². The first-order chi connectivity index (χ1) is 15.9. The first-order valence-electron chi connectivity index (χ1n) is 9.91. The number of hydrogen-bond acceptors (Lipinski definition) is 6. The number of ether oxygens (including phenoxy) is 2. The van der Waals surface area contributed by atoms with Gasteiger partial charge in [-0.3, -0.25) is 0 Å². The van der Waals surface area contributed by atoms with Gasteiger partial charge in [-0.15, -0.1) is 0 Å². The van der Waals surface area contributed by atoms with Crippen molar-refractivity contribution in [3.63, 3.8) is 0 Å². The second-order valence-corrected chi connectivity index (χ2v) is 8.02. The number of fused-ring (bicyclic) bond motifs is 1. The maximum Gasteiger partial charge on any atom is 0.416 e. The second kappa shape index (κ2) is 9.58. The van der Waals surface area contributed by atoms with Crippen LogP contribution in [0.2, 0.25) is 0 Å². The highest BCUT2D eigenvalue weighted by Gasteiger charge is 2.29. The van der Waals surface area contributed by atoms with Crippen LogP contribution in [0.25, 0.3) is 10.9 Å². The quantitative estimate of drug-likeness (QED) is 0.239. The molecule has 0 aliphatic heterocycles. The summed E-state index contributed by atoms with van der Waals surface area (Å²) in [5, 5.41) is 4.65. The standard InChI is InChI=1S/C24H20F3N3O2S/c1-31-18-11-17(12-19(13-18)32-2)28-22-20-5-3-4-6-21(20)29-23(30-22)33-14-15-7-9-16(10-8-15)24(25,26)27/h3-13H,14H2,1-2H3,(H,28,29,30). The molecule has 0 fully saturated rings. The highest BCUT2D eigenvalue weighted by Crippen LogP contribution is 2.33. The fourth-order valence-electron chi connectivity index (χ4n) is 3.17. The Morgan fingerprint density at radius 1 is 0.879 bits per heavy atom. The van der Waals surface area contributed by atoms with E-state index in [0.717, 1.165) is 34.3 Å². The molecule has 0 spiro atoms. The predicted octanol–water partition coefficient (Wildman–Crippen LogP) is 6.70. The van der Waals surface area contributed by atoms with Crippen molar-refractivity contribution in [1.82, 2.24) is 9.97 Å². The lowest BCUT2D eigenvalue weighted by Crippen LogP contribution is -2.04. The Bertz CT molecular complexity index is 1240. The number of para-hydroxylation sites is 1. The van der Waals surface area contributed by atoms with Crippen molar-refractivity contribution < 1.29 is 22.6 Å². The summed E-state index contributed by atoms with van der Waals surface area (Å²) < 4.78 is 49.0. The molecule has 1 N–H and O–H groups in total. The van der Waals surface area contributed by atoms with Crippen LogP contribution in [0, 0.1) is 0 Å². The maximum absolute atomic E-state index is 12.8. The Balaban J connectivity index is 1.61. The number of methoxy groups -OCH3 is 2. The van der Waals surface area contributed by atoms with Gasteiger partial charge in [-0.1, -0.05) is 36.0 Å². The first kappa shape index (κ1) is 22.7. The summed E-state index contributed by atoms with van der Waals surface area (Å²) in [5.74, 6) is 2.30. The molecule has 0 unspecified atom stereocenters. The number of thioether (sulfide) groups is 1. The molecule has 0 radical (unpaired) electrons. The van der Waals surface area contributed by atoms with Crippen LogP contribution >= 0.6 is 11.8 Å². The molecule has 170 valence electrons. The molecule has 0 bridgehead atoms. The molecule has 0 atom stereocenters. The molecule has 5 nitrogen and oxygen atoms in total. The predicted molar refractivity (Wildman–Crippen MR) is 123 cm³/mol. The van der Waals surface area contributed by atoms with Gasteiger partial charge in [0.25, 0.3) is 0 Å². The molecule has 1 heterocycles. The van der Waals surface area contributed by atoms with Crippen LogP contribution in [0.5, 0.6) is 11.5 Å².